The summed E-state index contributed by atoms with van der Waals surface area (Å²) in [6.45, 7) is 6.11. The van der Waals surface area contributed by atoms with Crippen LogP contribution in [0.4, 0.5) is 0 Å². The van der Waals surface area contributed by atoms with Gasteiger partial charge in [0.25, 0.3) is 5.56 Å². The van der Waals surface area contributed by atoms with E-state index in [1.54, 1.807) is 36.7 Å². The second kappa shape index (κ2) is 9.01. The molecule has 2 atom stereocenters. The number of carbonyl (C=O) groups is 1. The SMILES string of the molecule is CCC(C)c1ccc(-n2c(SC(C)C(=O)NC)nc3cc(Cl)ccc3c2=O)cc1. The Morgan fingerprint density at radius 1 is 1.21 bits per heavy atom. The van der Waals surface area contributed by atoms with Crippen LogP contribution in [0, 0.1) is 0 Å². The quantitative estimate of drug-likeness (QED) is 0.452. The summed E-state index contributed by atoms with van der Waals surface area (Å²) in [5.41, 5.74) is 2.27. The predicted molar refractivity (Wildman–Crippen MR) is 120 cm³/mol. The molecule has 0 bridgehead atoms. The van der Waals surface area contributed by atoms with Crippen LogP contribution in [-0.2, 0) is 4.79 Å². The Morgan fingerprint density at radius 2 is 1.90 bits per heavy atom. The number of thioether (sulfide) groups is 1. The molecule has 2 aromatic carbocycles. The maximum absolute atomic E-state index is 13.3. The zero-order chi connectivity index (χ0) is 21.1. The van der Waals surface area contributed by atoms with Gasteiger partial charge in [-0.2, -0.15) is 0 Å². The number of carbonyl (C=O) groups excluding carboxylic acids is 1. The first-order valence-corrected chi connectivity index (χ1v) is 10.8. The fourth-order valence-corrected chi connectivity index (χ4v) is 4.20. The molecular formula is C22H24ClN3O2S. The van der Waals surface area contributed by atoms with Crippen molar-refractivity contribution in [3.63, 3.8) is 0 Å². The molecule has 0 aliphatic heterocycles. The van der Waals surface area contributed by atoms with E-state index >= 15 is 0 Å². The van der Waals surface area contributed by atoms with E-state index in [0.29, 0.717) is 27.0 Å². The average Bonchev–Trinajstić information content (AvgIpc) is 2.72. The fraction of sp³-hybridized carbons (Fsp3) is 0.318. The number of fused-ring (bicyclic) bond motifs is 1. The monoisotopic (exact) mass is 429 g/mol. The molecule has 1 heterocycles. The molecule has 1 N–H and O–H groups in total. The van der Waals surface area contributed by atoms with E-state index in [1.807, 2.05) is 24.3 Å². The van der Waals surface area contributed by atoms with Crippen molar-refractivity contribution in [2.24, 2.45) is 0 Å². The molecule has 5 nitrogen and oxygen atoms in total. The fourth-order valence-electron chi connectivity index (χ4n) is 3.05. The molecule has 0 fully saturated rings. The second-order valence-electron chi connectivity index (χ2n) is 6.97. The van der Waals surface area contributed by atoms with Crippen LogP contribution in [0.5, 0.6) is 0 Å². The third-order valence-corrected chi connectivity index (χ3v) is 6.32. The van der Waals surface area contributed by atoms with Gasteiger partial charge in [0.1, 0.15) is 0 Å². The van der Waals surface area contributed by atoms with Crippen molar-refractivity contribution in [1.29, 1.82) is 0 Å². The van der Waals surface area contributed by atoms with Crippen LogP contribution in [0.2, 0.25) is 5.02 Å². The van der Waals surface area contributed by atoms with Crippen molar-refractivity contribution in [3.8, 4) is 5.69 Å². The summed E-state index contributed by atoms with van der Waals surface area (Å²) in [4.78, 5) is 30.0. The Balaban J connectivity index is 2.18. The van der Waals surface area contributed by atoms with Gasteiger partial charge in [-0.1, -0.05) is 49.3 Å². The minimum Gasteiger partial charge on any atom is -0.358 e. The molecule has 29 heavy (non-hydrogen) atoms. The smallest absolute Gasteiger partial charge is 0.266 e. The largest absolute Gasteiger partial charge is 0.358 e. The van der Waals surface area contributed by atoms with Crippen molar-refractivity contribution in [2.75, 3.05) is 7.05 Å². The number of rotatable bonds is 6. The zero-order valence-electron chi connectivity index (χ0n) is 16.9. The molecular weight excluding hydrogens is 406 g/mol. The number of halogens is 1. The van der Waals surface area contributed by atoms with Gasteiger partial charge in [0, 0.05) is 12.1 Å². The van der Waals surface area contributed by atoms with Gasteiger partial charge in [0.15, 0.2) is 5.16 Å². The molecule has 0 saturated heterocycles. The van der Waals surface area contributed by atoms with Gasteiger partial charge >= 0.3 is 0 Å². The van der Waals surface area contributed by atoms with Crippen LogP contribution in [0.1, 0.15) is 38.7 Å². The van der Waals surface area contributed by atoms with E-state index in [1.165, 1.54) is 17.3 Å². The summed E-state index contributed by atoms with van der Waals surface area (Å²) >= 11 is 7.34. The summed E-state index contributed by atoms with van der Waals surface area (Å²) in [5, 5.41) is 3.68. The van der Waals surface area contributed by atoms with Crippen LogP contribution in [0.25, 0.3) is 16.6 Å². The van der Waals surface area contributed by atoms with E-state index in [2.05, 4.69) is 24.1 Å². The maximum atomic E-state index is 13.3. The number of nitrogens with one attached hydrogen (secondary N) is 1. The molecule has 3 aromatic rings. The van der Waals surface area contributed by atoms with Gasteiger partial charge in [-0.05, 0) is 55.2 Å². The Labute approximate surface area is 179 Å². The minimum absolute atomic E-state index is 0.130. The van der Waals surface area contributed by atoms with Gasteiger partial charge < -0.3 is 5.32 Å². The second-order valence-corrected chi connectivity index (χ2v) is 8.72. The molecule has 0 saturated carbocycles. The molecule has 2 unspecified atom stereocenters. The lowest BCUT2D eigenvalue weighted by molar-refractivity contribution is -0.119. The van der Waals surface area contributed by atoms with E-state index in [9.17, 15) is 9.59 Å². The van der Waals surface area contributed by atoms with Gasteiger partial charge in [0.05, 0.1) is 21.8 Å². The van der Waals surface area contributed by atoms with Crippen LogP contribution in [0.15, 0.2) is 52.4 Å². The highest BCUT2D eigenvalue weighted by molar-refractivity contribution is 8.00. The third kappa shape index (κ3) is 4.49. The first kappa shape index (κ1) is 21.4. The van der Waals surface area contributed by atoms with Crippen LogP contribution in [0.3, 0.4) is 0 Å². The number of amides is 1. The van der Waals surface area contributed by atoms with Crippen LogP contribution >= 0.6 is 23.4 Å². The van der Waals surface area contributed by atoms with Crippen molar-refractivity contribution < 1.29 is 4.79 Å². The lowest BCUT2D eigenvalue weighted by Gasteiger charge is -2.17. The lowest BCUT2D eigenvalue weighted by atomic mass is 9.98. The number of benzene rings is 2. The predicted octanol–water partition coefficient (Wildman–Crippen LogP) is 4.78. The van der Waals surface area contributed by atoms with E-state index < -0.39 is 5.25 Å². The molecule has 1 aromatic heterocycles. The number of hydrogen-bond donors (Lipinski definition) is 1. The molecule has 3 rings (SSSR count). The number of hydrogen-bond acceptors (Lipinski definition) is 4. The van der Waals surface area contributed by atoms with Crippen molar-refractivity contribution in [2.45, 2.75) is 43.5 Å². The van der Waals surface area contributed by atoms with E-state index in [4.69, 9.17) is 11.6 Å². The highest BCUT2D eigenvalue weighted by atomic mass is 35.5. The maximum Gasteiger partial charge on any atom is 0.266 e. The summed E-state index contributed by atoms with van der Waals surface area (Å²) in [7, 11) is 1.59. The number of nitrogens with zero attached hydrogens (tertiary/aromatic N) is 2. The molecule has 0 spiro atoms. The van der Waals surface area contributed by atoms with Gasteiger partial charge in [-0.3, -0.25) is 14.2 Å². The normalized spacial score (nSPS) is 13.3. The Morgan fingerprint density at radius 3 is 2.52 bits per heavy atom. The first-order valence-electron chi connectivity index (χ1n) is 9.56. The molecule has 152 valence electrons. The standard InChI is InChI=1S/C22H24ClN3O2S/c1-5-13(2)15-6-9-17(10-7-15)26-21(28)18-11-8-16(23)12-19(18)25-22(26)29-14(3)20(27)24-4/h6-14H,5H2,1-4H3,(H,24,27). The summed E-state index contributed by atoms with van der Waals surface area (Å²) in [6, 6.07) is 13.0. The molecule has 0 aliphatic carbocycles. The minimum atomic E-state index is -0.408. The van der Waals surface area contributed by atoms with Crippen molar-refractivity contribution >= 4 is 40.2 Å². The summed E-state index contributed by atoms with van der Waals surface area (Å²) in [6.07, 6.45) is 1.04. The van der Waals surface area contributed by atoms with Gasteiger partial charge in [-0.25, -0.2) is 4.98 Å². The Kier molecular flexibility index (Phi) is 6.65. The topological polar surface area (TPSA) is 64.0 Å². The van der Waals surface area contributed by atoms with Crippen molar-refractivity contribution in [3.05, 3.63) is 63.4 Å². The van der Waals surface area contributed by atoms with Crippen molar-refractivity contribution in [1.82, 2.24) is 14.9 Å². The summed E-state index contributed by atoms with van der Waals surface area (Å²) in [5.74, 6) is 0.314. The zero-order valence-corrected chi connectivity index (χ0v) is 18.5. The van der Waals surface area contributed by atoms with E-state index in [0.717, 1.165) is 12.1 Å². The first-order chi connectivity index (χ1) is 13.8. The number of aromatic nitrogens is 2. The lowest BCUT2D eigenvalue weighted by Crippen LogP contribution is -2.29. The molecule has 7 heteroatoms. The van der Waals surface area contributed by atoms with Gasteiger partial charge in [-0.15, -0.1) is 0 Å². The van der Waals surface area contributed by atoms with Crippen LogP contribution in [-0.4, -0.2) is 27.8 Å². The Bertz CT molecular complexity index is 1100. The van der Waals surface area contributed by atoms with Crippen LogP contribution < -0.4 is 10.9 Å². The average molecular weight is 430 g/mol. The highest BCUT2D eigenvalue weighted by Crippen LogP contribution is 2.27. The molecule has 0 radical (unpaired) electrons. The van der Waals surface area contributed by atoms with Gasteiger partial charge in [0.2, 0.25) is 5.91 Å². The molecule has 0 aliphatic rings. The van der Waals surface area contributed by atoms with E-state index in [-0.39, 0.29) is 11.5 Å². The molecule has 1 amide bonds. The summed E-state index contributed by atoms with van der Waals surface area (Å²) < 4.78 is 1.57. The Hall–Kier alpha value is -2.31. The highest BCUT2D eigenvalue weighted by Gasteiger charge is 2.20. The third-order valence-electron chi connectivity index (χ3n) is 5.03.